The summed E-state index contributed by atoms with van der Waals surface area (Å²) in [6.45, 7) is 2.14. The van der Waals surface area contributed by atoms with Crippen molar-refractivity contribution < 1.29 is 18.0 Å². The number of carbonyl (C=O) groups is 1. The van der Waals surface area contributed by atoms with E-state index in [4.69, 9.17) is 5.73 Å². The number of carbonyl (C=O) groups excluding carboxylic acids is 1. The third-order valence-electron chi connectivity index (χ3n) is 6.67. The number of halogens is 3. The van der Waals surface area contributed by atoms with E-state index in [1.807, 2.05) is 0 Å². The standard InChI is InChI=1S/C23H27F3N6O/c24-23(25,26)16-4-6-17(7-5-16)29-22-19(21(28)33)14-32(30-22)20-9-8-18(12-15(20)13-27)31-10-2-1-3-11-31/h4-7,14-15,18,20H,1-3,8-12H2,(H2,28,33)(H,29,30)/t15-,18-,20+/m1/s1. The first kappa shape index (κ1) is 23.1. The molecule has 1 aliphatic carbocycles. The highest BCUT2D eigenvalue weighted by atomic mass is 19.4. The molecule has 33 heavy (non-hydrogen) atoms. The number of nitriles is 1. The van der Waals surface area contributed by atoms with E-state index in [9.17, 15) is 23.2 Å². The van der Waals surface area contributed by atoms with Crippen molar-refractivity contribution in [2.24, 2.45) is 11.7 Å². The van der Waals surface area contributed by atoms with Gasteiger partial charge in [-0.05, 0) is 69.5 Å². The first-order valence-corrected chi connectivity index (χ1v) is 11.2. The zero-order valence-corrected chi connectivity index (χ0v) is 18.2. The molecule has 7 nitrogen and oxygen atoms in total. The summed E-state index contributed by atoms with van der Waals surface area (Å²) in [5.74, 6) is -0.798. The number of nitrogens with one attached hydrogen (secondary N) is 1. The lowest BCUT2D eigenvalue weighted by atomic mass is 9.81. The molecule has 0 spiro atoms. The molecule has 1 saturated heterocycles. The molecule has 2 heterocycles. The van der Waals surface area contributed by atoms with E-state index >= 15 is 0 Å². The van der Waals surface area contributed by atoms with Crippen LogP contribution in [0.25, 0.3) is 0 Å². The van der Waals surface area contributed by atoms with Gasteiger partial charge in [-0.25, -0.2) is 0 Å². The maximum absolute atomic E-state index is 12.8. The van der Waals surface area contributed by atoms with Gasteiger partial charge in [0.2, 0.25) is 0 Å². The van der Waals surface area contributed by atoms with Gasteiger partial charge in [0.05, 0.1) is 23.6 Å². The predicted octanol–water partition coefficient (Wildman–Crippen LogP) is 4.46. The summed E-state index contributed by atoms with van der Waals surface area (Å²) >= 11 is 0. The third-order valence-corrected chi connectivity index (χ3v) is 6.67. The molecule has 3 N–H and O–H groups in total. The highest BCUT2D eigenvalue weighted by molar-refractivity contribution is 5.98. The summed E-state index contributed by atoms with van der Waals surface area (Å²) in [7, 11) is 0. The van der Waals surface area contributed by atoms with E-state index in [0.717, 1.165) is 44.5 Å². The molecular weight excluding hydrogens is 433 g/mol. The zero-order valence-electron chi connectivity index (χ0n) is 18.2. The van der Waals surface area contributed by atoms with Crippen molar-refractivity contribution in [2.45, 2.75) is 56.8 Å². The molecule has 10 heteroatoms. The lowest BCUT2D eigenvalue weighted by molar-refractivity contribution is -0.137. The monoisotopic (exact) mass is 460 g/mol. The number of hydrogen-bond acceptors (Lipinski definition) is 5. The molecule has 0 radical (unpaired) electrons. The topological polar surface area (TPSA) is 100.0 Å². The highest BCUT2D eigenvalue weighted by Crippen LogP contribution is 2.37. The van der Waals surface area contributed by atoms with Crippen LogP contribution in [0.3, 0.4) is 0 Å². The van der Waals surface area contributed by atoms with Gasteiger partial charge in [0.25, 0.3) is 5.91 Å². The van der Waals surface area contributed by atoms with Crippen LogP contribution in [0.5, 0.6) is 0 Å². The molecule has 1 aliphatic heterocycles. The van der Waals surface area contributed by atoms with Crippen LogP contribution in [0.2, 0.25) is 0 Å². The molecule has 1 aromatic heterocycles. The Bertz CT molecular complexity index is 1020. The van der Waals surface area contributed by atoms with Gasteiger partial charge in [0.15, 0.2) is 5.82 Å². The Kier molecular flexibility index (Phi) is 6.61. The van der Waals surface area contributed by atoms with Crippen molar-refractivity contribution in [1.29, 1.82) is 5.26 Å². The minimum absolute atomic E-state index is 0.129. The Morgan fingerprint density at radius 1 is 1.15 bits per heavy atom. The van der Waals surface area contributed by atoms with Crippen molar-refractivity contribution in [3.05, 3.63) is 41.6 Å². The summed E-state index contributed by atoms with van der Waals surface area (Å²) < 4.78 is 40.1. The number of hydrogen-bond donors (Lipinski definition) is 2. The van der Waals surface area contributed by atoms with Crippen LogP contribution >= 0.6 is 0 Å². The van der Waals surface area contributed by atoms with Gasteiger partial charge in [-0.15, -0.1) is 0 Å². The zero-order chi connectivity index (χ0) is 23.6. The van der Waals surface area contributed by atoms with E-state index in [1.54, 1.807) is 4.68 Å². The summed E-state index contributed by atoms with van der Waals surface area (Å²) in [6, 6.07) is 7.05. The van der Waals surface area contributed by atoms with Gasteiger partial charge >= 0.3 is 6.18 Å². The second kappa shape index (κ2) is 9.43. The van der Waals surface area contributed by atoms with Crippen LogP contribution in [-0.2, 0) is 6.18 Å². The summed E-state index contributed by atoms with van der Waals surface area (Å²) in [4.78, 5) is 14.5. The van der Waals surface area contributed by atoms with Gasteiger partial charge in [-0.3, -0.25) is 9.48 Å². The van der Waals surface area contributed by atoms with Gasteiger partial charge in [-0.2, -0.15) is 23.5 Å². The molecule has 176 valence electrons. The van der Waals surface area contributed by atoms with E-state index in [-0.39, 0.29) is 23.3 Å². The quantitative estimate of drug-likeness (QED) is 0.686. The SMILES string of the molecule is N#C[C@H]1C[C@H](N2CCCCC2)CC[C@@H]1n1cc(C(N)=O)c(Nc2ccc(C(F)(F)F)cc2)n1. The predicted molar refractivity (Wildman–Crippen MR) is 117 cm³/mol. The average Bonchev–Trinajstić information content (AvgIpc) is 3.23. The number of piperidine rings is 1. The van der Waals surface area contributed by atoms with E-state index in [1.165, 1.54) is 37.6 Å². The number of benzene rings is 1. The highest BCUT2D eigenvalue weighted by Gasteiger charge is 2.36. The Morgan fingerprint density at radius 2 is 1.85 bits per heavy atom. The van der Waals surface area contributed by atoms with E-state index in [0.29, 0.717) is 11.7 Å². The number of nitrogens with zero attached hydrogens (tertiary/aromatic N) is 4. The van der Waals surface area contributed by atoms with Crippen molar-refractivity contribution in [2.75, 3.05) is 18.4 Å². The van der Waals surface area contributed by atoms with Crippen LogP contribution in [0.15, 0.2) is 30.5 Å². The van der Waals surface area contributed by atoms with Gasteiger partial charge in [-0.1, -0.05) is 6.42 Å². The number of likely N-dealkylation sites (tertiary alicyclic amines) is 1. The number of rotatable bonds is 5. The van der Waals surface area contributed by atoms with Crippen LogP contribution in [-0.4, -0.2) is 39.7 Å². The lowest BCUT2D eigenvalue weighted by Gasteiger charge is -2.40. The molecule has 1 saturated carbocycles. The summed E-state index contributed by atoms with van der Waals surface area (Å²) in [6.07, 6.45) is 3.17. The first-order chi connectivity index (χ1) is 15.8. The molecule has 0 unspecified atom stereocenters. The van der Waals surface area contributed by atoms with Gasteiger partial charge in [0, 0.05) is 17.9 Å². The Morgan fingerprint density at radius 3 is 2.45 bits per heavy atom. The molecule has 2 aliphatic rings. The van der Waals surface area contributed by atoms with Crippen molar-refractivity contribution in [1.82, 2.24) is 14.7 Å². The Labute approximate surface area is 190 Å². The average molecular weight is 461 g/mol. The van der Waals surface area contributed by atoms with Gasteiger partial charge < -0.3 is 16.0 Å². The fourth-order valence-electron chi connectivity index (χ4n) is 4.92. The Balaban J connectivity index is 1.52. The molecule has 2 fully saturated rings. The van der Waals surface area contributed by atoms with Crippen LogP contribution in [0.1, 0.15) is 60.5 Å². The maximum Gasteiger partial charge on any atom is 0.416 e. The molecule has 4 rings (SSSR count). The largest absolute Gasteiger partial charge is 0.416 e. The molecular formula is C23H27F3N6O. The van der Waals surface area contributed by atoms with Crippen molar-refractivity contribution in [3.8, 4) is 6.07 Å². The normalized spacial score (nSPS) is 24.2. The molecule has 1 aromatic carbocycles. The fraction of sp³-hybridized carbons (Fsp3) is 0.522. The maximum atomic E-state index is 12.8. The lowest BCUT2D eigenvalue weighted by Crippen LogP contribution is -2.44. The molecule has 3 atom stereocenters. The molecule has 0 bridgehead atoms. The second-order valence-corrected chi connectivity index (χ2v) is 8.80. The van der Waals surface area contributed by atoms with Crippen LogP contribution < -0.4 is 11.1 Å². The number of amides is 1. The summed E-state index contributed by atoms with van der Waals surface area (Å²) in [5.41, 5.74) is 5.24. The number of nitrogens with two attached hydrogens (primary N) is 1. The number of primary amides is 1. The number of anilines is 2. The van der Waals surface area contributed by atoms with Crippen molar-refractivity contribution >= 4 is 17.4 Å². The fourth-order valence-corrected chi connectivity index (χ4v) is 4.92. The molecule has 1 amide bonds. The number of alkyl halides is 3. The minimum Gasteiger partial charge on any atom is -0.365 e. The van der Waals surface area contributed by atoms with Crippen molar-refractivity contribution in [3.63, 3.8) is 0 Å². The smallest absolute Gasteiger partial charge is 0.365 e. The number of aromatic nitrogens is 2. The van der Waals surface area contributed by atoms with E-state index < -0.39 is 17.6 Å². The van der Waals surface area contributed by atoms with Gasteiger partial charge in [0.1, 0.15) is 5.56 Å². The van der Waals surface area contributed by atoms with E-state index in [2.05, 4.69) is 21.4 Å². The minimum atomic E-state index is -4.43. The summed E-state index contributed by atoms with van der Waals surface area (Å²) in [5, 5.41) is 17.2. The Hall–Kier alpha value is -3.06. The molecule has 2 aromatic rings. The second-order valence-electron chi connectivity index (χ2n) is 8.80. The van der Waals surface area contributed by atoms with Crippen LogP contribution in [0, 0.1) is 17.2 Å². The third kappa shape index (κ3) is 5.14. The van der Waals surface area contributed by atoms with Crippen LogP contribution in [0.4, 0.5) is 24.7 Å². The first-order valence-electron chi connectivity index (χ1n) is 11.2.